The van der Waals surface area contributed by atoms with E-state index in [1.807, 2.05) is 6.55 Å². The van der Waals surface area contributed by atoms with Gasteiger partial charge in [-0.1, -0.05) is 0 Å². The lowest BCUT2D eigenvalue weighted by Gasteiger charge is -2.23. The number of ether oxygens (including phenoxy) is 2. The maximum atomic E-state index is 12.4. The molecule has 4 nitrogen and oxygen atoms in total. The van der Waals surface area contributed by atoms with Gasteiger partial charge < -0.3 is 18.7 Å². The third kappa shape index (κ3) is 8.07. The van der Waals surface area contributed by atoms with Crippen molar-refractivity contribution in [1.82, 2.24) is 0 Å². The van der Waals surface area contributed by atoms with Crippen LogP contribution < -0.4 is 0 Å². The summed E-state index contributed by atoms with van der Waals surface area (Å²) in [4.78, 5) is 10.4. The molecule has 9 heteroatoms. The zero-order valence-electron chi connectivity index (χ0n) is 13.5. The molecule has 0 amide bonds. The van der Waals surface area contributed by atoms with E-state index in [0.717, 1.165) is 6.42 Å². The average molecular weight is 361 g/mol. The van der Waals surface area contributed by atoms with Crippen molar-refractivity contribution in [3.05, 3.63) is 0 Å². The van der Waals surface area contributed by atoms with Crippen LogP contribution in [0.3, 0.4) is 0 Å². The van der Waals surface area contributed by atoms with Gasteiger partial charge in [0.25, 0.3) is 0 Å². The van der Waals surface area contributed by atoms with E-state index >= 15 is 0 Å². The highest BCUT2D eigenvalue weighted by Crippen LogP contribution is 2.55. The normalized spacial score (nSPS) is 27.7. The number of hydrogen-bond donors (Lipinski definition) is 1. The highest BCUT2D eigenvalue weighted by molar-refractivity contribution is 6.85. The summed E-state index contributed by atoms with van der Waals surface area (Å²) in [5.74, 6) is 0. The molecule has 1 aliphatic heterocycles. The molecule has 1 heterocycles. The Morgan fingerprint density at radius 1 is 1.27 bits per heavy atom. The Morgan fingerprint density at radius 3 is 2.55 bits per heavy atom. The van der Waals surface area contributed by atoms with Crippen molar-refractivity contribution in [3.8, 4) is 0 Å². The summed E-state index contributed by atoms with van der Waals surface area (Å²) in [6.45, 7) is 5.25. The van der Waals surface area contributed by atoms with Crippen LogP contribution in [-0.4, -0.2) is 60.8 Å². The molecular formula is C13H27F3O4Si2. The zero-order valence-corrected chi connectivity index (χ0v) is 15.5. The quantitative estimate of drug-likeness (QED) is 0.454. The zero-order chi connectivity index (χ0) is 16.9. The van der Waals surface area contributed by atoms with Gasteiger partial charge >= 0.3 is 6.18 Å². The minimum Gasteiger partial charge on any atom is -0.430 e. The summed E-state index contributed by atoms with van der Waals surface area (Å²) >= 11 is 0. The molecule has 1 aliphatic rings. The standard InChI is InChI=1S/C13H27F3O4Si2/c1-18-6-7-19-5-4-8-21(2,17)11-20-22(3)10-12(22)9-13(14,15)16/h12,17H,4-11H2,1-3H3. The predicted octanol–water partition coefficient (Wildman–Crippen LogP) is 3.07. The Labute approximate surface area is 132 Å². The monoisotopic (exact) mass is 360 g/mol. The fourth-order valence-corrected chi connectivity index (χ4v) is 8.86. The molecule has 0 radical (unpaired) electrons. The van der Waals surface area contributed by atoms with E-state index in [1.54, 1.807) is 13.7 Å². The number of halogens is 3. The molecule has 0 bridgehead atoms. The third-order valence-electron chi connectivity index (χ3n) is 3.98. The lowest BCUT2D eigenvalue weighted by atomic mass is 10.3. The summed E-state index contributed by atoms with van der Waals surface area (Å²) in [6, 6.07) is 1.19. The third-order valence-corrected chi connectivity index (χ3v) is 10.2. The first kappa shape index (κ1) is 20.1. The molecule has 0 aliphatic carbocycles. The van der Waals surface area contributed by atoms with Gasteiger partial charge in [0.2, 0.25) is 8.32 Å². The summed E-state index contributed by atoms with van der Waals surface area (Å²) in [5.41, 5.74) is -0.338. The Kier molecular flexibility index (Phi) is 7.54. The SMILES string of the molecule is COCCOCCC[Si](C)(O)CO[Si]1(C)CC1CC(F)(F)F. The highest BCUT2D eigenvalue weighted by atomic mass is 28.4. The van der Waals surface area contributed by atoms with Crippen LogP contribution in [0.15, 0.2) is 0 Å². The van der Waals surface area contributed by atoms with E-state index < -0.39 is 29.2 Å². The van der Waals surface area contributed by atoms with Gasteiger partial charge in [0.15, 0.2) is 8.32 Å². The molecule has 0 saturated carbocycles. The first-order chi connectivity index (χ1) is 10.1. The predicted molar refractivity (Wildman–Crippen MR) is 82.8 cm³/mol. The van der Waals surface area contributed by atoms with Gasteiger partial charge in [-0.05, 0) is 37.1 Å². The summed E-state index contributed by atoms with van der Waals surface area (Å²) in [5, 5.41) is 0. The molecule has 1 saturated heterocycles. The first-order valence-electron chi connectivity index (χ1n) is 7.58. The van der Waals surface area contributed by atoms with Crippen LogP contribution >= 0.6 is 0 Å². The van der Waals surface area contributed by atoms with Crippen LogP contribution in [0.2, 0.25) is 30.7 Å². The van der Waals surface area contributed by atoms with E-state index in [-0.39, 0.29) is 11.8 Å². The van der Waals surface area contributed by atoms with Crippen LogP contribution in [0.1, 0.15) is 12.8 Å². The van der Waals surface area contributed by atoms with E-state index in [9.17, 15) is 18.0 Å². The molecule has 132 valence electrons. The molecule has 3 unspecified atom stereocenters. The van der Waals surface area contributed by atoms with Gasteiger partial charge in [-0.3, -0.25) is 0 Å². The largest absolute Gasteiger partial charge is 0.430 e. The van der Waals surface area contributed by atoms with Crippen molar-refractivity contribution >= 4 is 16.6 Å². The molecule has 1 N–H and O–H groups in total. The van der Waals surface area contributed by atoms with Gasteiger partial charge in [0.1, 0.15) is 0 Å². The first-order valence-corrected chi connectivity index (χ1v) is 13.1. The molecule has 1 rings (SSSR count). The fraction of sp³-hybridized carbons (Fsp3) is 1.00. The van der Waals surface area contributed by atoms with Crippen molar-refractivity contribution < 1.29 is 31.9 Å². The lowest BCUT2D eigenvalue weighted by molar-refractivity contribution is -0.133. The minimum atomic E-state index is -4.11. The number of rotatable bonds is 11. The lowest BCUT2D eigenvalue weighted by Crippen LogP contribution is -2.40. The van der Waals surface area contributed by atoms with Crippen LogP contribution in [-0.2, 0) is 13.9 Å². The topological polar surface area (TPSA) is 47.9 Å². The Hall–Kier alpha value is 0.0638. The van der Waals surface area contributed by atoms with E-state index in [0.29, 0.717) is 31.9 Å². The van der Waals surface area contributed by atoms with Crippen LogP contribution in [0.25, 0.3) is 0 Å². The van der Waals surface area contributed by atoms with Gasteiger partial charge in [0.05, 0.1) is 19.4 Å². The second-order valence-electron chi connectivity index (χ2n) is 6.53. The molecule has 22 heavy (non-hydrogen) atoms. The van der Waals surface area contributed by atoms with Crippen LogP contribution in [0, 0.1) is 0 Å². The van der Waals surface area contributed by atoms with Crippen molar-refractivity contribution in [2.24, 2.45) is 0 Å². The maximum Gasteiger partial charge on any atom is 0.389 e. The number of hydrogen-bond acceptors (Lipinski definition) is 4. The highest BCUT2D eigenvalue weighted by Gasteiger charge is 2.58. The van der Waals surface area contributed by atoms with Gasteiger partial charge in [0, 0.05) is 20.1 Å². The van der Waals surface area contributed by atoms with Gasteiger partial charge in [-0.25, -0.2) is 0 Å². The molecule has 0 aromatic heterocycles. The summed E-state index contributed by atoms with van der Waals surface area (Å²) in [7, 11) is -3.12. The van der Waals surface area contributed by atoms with Crippen LogP contribution in [0.4, 0.5) is 13.2 Å². The molecule has 0 aromatic rings. The molecule has 0 spiro atoms. The van der Waals surface area contributed by atoms with E-state index in [1.165, 1.54) is 0 Å². The number of methoxy groups -OCH3 is 1. The Balaban J connectivity index is 2.17. The van der Waals surface area contributed by atoms with Crippen molar-refractivity contribution in [3.63, 3.8) is 0 Å². The summed E-state index contributed by atoms with van der Waals surface area (Å²) in [6.07, 6.45) is -3.89. The van der Waals surface area contributed by atoms with Gasteiger partial charge in [-0.15, -0.1) is 0 Å². The number of alkyl halides is 3. The Bertz CT molecular complexity index is 342. The smallest absolute Gasteiger partial charge is 0.389 e. The van der Waals surface area contributed by atoms with Crippen molar-refractivity contribution in [2.75, 3.05) is 33.2 Å². The second kappa shape index (κ2) is 8.25. The Morgan fingerprint density at radius 2 is 1.95 bits per heavy atom. The van der Waals surface area contributed by atoms with E-state index in [2.05, 4.69) is 0 Å². The summed E-state index contributed by atoms with van der Waals surface area (Å²) < 4.78 is 53.0. The maximum absolute atomic E-state index is 12.4. The molecule has 3 atom stereocenters. The van der Waals surface area contributed by atoms with Crippen molar-refractivity contribution in [2.45, 2.75) is 49.7 Å². The van der Waals surface area contributed by atoms with E-state index in [4.69, 9.17) is 13.9 Å². The molecule has 0 aromatic carbocycles. The minimum absolute atomic E-state index is 0.238. The van der Waals surface area contributed by atoms with Crippen molar-refractivity contribution in [1.29, 1.82) is 0 Å². The van der Waals surface area contributed by atoms with Crippen LogP contribution in [0.5, 0.6) is 0 Å². The van der Waals surface area contributed by atoms with Gasteiger partial charge in [-0.2, -0.15) is 13.2 Å². The fourth-order valence-electron chi connectivity index (χ4n) is 2.37. The average Bonchev–Trinajstić information content (AvgIpc) is 3.00. The molecular weight excluding hydrogens is 333 g/mol. The molecule has 1 fully saturated rings. The second-order valence-corrected chi connectivity index (χ2v) is 14.4.